The molecular formula is C19H17F3N2O4. The van der Waals surface area contributed by atoms with Crippen LogP contribution in [0.5, 0.6) is 5.75 Å². The fourth-order valence-corrected chi connectivity index (χ4v) is 2.27. The summed E-state index contributed by atoms with van der Waals surface area (Å²) in [6.07, 6.45) is -3.33. The molecule has 0 atom stereocenters. The van der Waals surface area contributed by atoms with Crippen LogP contribution >= 0.6 is 0 Å². The second-order valence-corrected chi connectivity index (χ2v) is 5.40. The first-order chi connectivity index (χ1) is 13.3. The predicted molar refractivity (Wildman–Crippen MR) is 96.2 cm³/mol. The van der Waals surface area contributed by atoms with Crippen molar-refractivity contribution in [2.75, 3.05) is 14.2 Å². The molecule has 0 aromatic heterocycles. The molecule has 0 spiro atoms. The third-order valence-electron chi connectivity index (χ3n) is 3.54. The number of halogens is 3. The molecule has 2 aromatic carbocycles. The van der Waals surface area contributed by atoms with Gasteiger partial charge in [-0.1, -0.05) is 35.5 Å². The lowest BCUT2D eigenvalue weighted by molar-refractivity contribution is -0.137. The van der Waals surface area contributed by atoms with Crippen LogP contribution in [0.1, 0.15) is 16.7 Å². The van der Waals surface area contributed by atoms with Crippen LogP contribution in [-0.4, -0.2) is 26.0 Å². The molecule has 148 valence electrons. The van der Waals surface area contributed by atoms with Gasteiger partial charge in [-0.2, -0.15) is 13.2 Å². The molecule has 0 aliphatic carbocycles. The number of amidine groups is 1. The van der Waals surface area contributed by atoms with Gasteiger partial charge in [0.05, 0.1) is 26.0 Å². The quantitative estimate of drug-likeness (QED) is 0.202. The summed E-state index contributed by atoms with van der Waals surface area (Å²) in [6, 6.07) is 10.7. The third kappa shape index (κ3) is 5.03. The monoisotopic (exact) mass is 394 g/mol. The van der Waals surface area contributed by atoms with Crippen molar-refractivity contribution in [3.8, 4) is 5.75 Å². The summed E-state index contributed by atoms with van der Waals surface area (Å²) >= 11 is 0. The van der Waals surface area contributed by atoms with Crippen molar-refractivity contribution in [1.82, 2.24) is 0 Å². The maximum atomic E-state index is 12.8. The fourth-order valence-electron chi connectivity index (χ4n) is 2.27. The van der Waals surface area contributed by atoms with E-state index in [1.54, 1.807) is 24.3 Å². The Hall–Kier alpha value is -3.49. The van der Waals surface area contributed by atoms with Gasteiger partial charge in [0, 0.05) is 11.1 Å². The van der Waals surface area contributed by atoms with Crippen molar-refractivity contribution in [3.05, 3.63) is 71.5 Å². The van der Waals surface area contributed by atoms with E-state index in [1.807, 2.05) is 0 Å². The topological polar surface area (TPSA) is 83.1 Å². The Labute approximate surface area is 159 Å². The largest absolute Gasteiger partial charge is 0.503 e. The summed E-state index contributed by atoms with van der Waals surface area (Å²) in [6.45, 7) is 0. The zero-order valence-electron chi connectivity index (χ0n) is 15.0. The molecule has 0 fully saturated rings. The highest BCUT2D eigenvalue weighted by Gasteiger charge is 2.30. The first-order valence-electron chi connectivity index (χ1n) is 7.86. The van der Waals surface area contributed by atoms with E-state index in [9.17, 15) is 18.0 Å². The van der Waals surface area contributed by atoms with Crippen LogP contribution in [0.2, 0.25) is 0 Å². The minimum absolute atomic E-state index is 0.0813. The van der Waals surface area contributed by atoms with Gasteiger partial charge in [0.15, 0.2) is 11.6 Å². The first kappa shape index (κ1) is 20.8. The highest BCUT2D eigenvalue weighted by molar-refractivity contribution is 6.19. The van der Waals surface area contributed by atoms with Crippen LogP contribution in [0.15, 0.2) is 59.9 Å². The number of hydrogen-bond donors (Lipinski definition) is 1. The maximum absolute atomic E-state index is 12.8. The number of nitrogens with zero attached hydrogens (tertiary/aromatic N) is 1. The summed E-state index contributed by atoms with van der Waals surface area (Å²) in [5.41, 5.74) is 5.79. The highest BCUT2D eigenvalue weighted by atomic mass is 19.4. The van der Waals surface area contributed by atoms with Gasteiger partial charge >= 0.3 is 12.1 Å². The Morgan fingerprint density at radius 2 is 1.75 bits per heavy atom. The Bertz CT molecular complexity index is 908. The molecule has 0 saturated carbocycles. The lowest BCUT2D eigenvalue weighted by Gasteiger charge is -2.11. The van der Waals surface area contributed by atoms with Crippen molar-refractivity contribution in [2.45, 2.75) is 6.18 Å². The number of methoxy groups -OCH3 is 2. The van der Waals surface area contributed by atoms with Gasteiger partial charge in [0.25, 0.3) is 0 Å². The molecule has 0 amide bonds. The maximum Gasteiger partial charge on any atom is 0.416 e. The summed E-state index contributed by atoms with van der Waals surface area (Å²) in [5, 5.41) is 3.68. The molecule has 0 unspecified atom stereocenters. The Kier molecular flexibility index (Phi) is 6.64. The van der Waals surface area contributed by atoms with E-state index in [-0.39, 0.29) is 17.2 Å². The van der Waals surface area contributed by atoms with Crippen LogP contribution in [0.25, 0.3) is 5.57 Å². The van der Waals surface area contributed by atoms with Gasteiger partial charge in [0.1, 0.15) is 5.57 Å². The number of benzene rings is 2. The molecule has 2 rings (SSSR count). The molecule has 6 nitrogen and oxygen atoms in total. The number of hydrogen-bond acceptors (Lipinski definition) is 5. The Balaban J connectivity index is 2.36. The summed E-state index contributed by atoms with van der Waals surface area (Å²) in [5.74, 6) is -0.962. The molecule has 0 aliphatic rings. The molecule has 0 bridgehead atoms. The number of oxime groups is 1. The summed E-state index contributed by atoms with van der Waals surface area (Å²) in [4.78, 5) is 17.0. The van der Waals surface area contributed by atoms with E-state index < -0.39 is 17.7 Å². The van der Waals surface area contributed by atoms with Crippen LogP contribution < -0.4 is 10.6 Å². The minimum Gasteiger partial charge on any atom is -0.503 e. The normalized spacial score (nSPS) is 12.5. The zero-order valence-corrected chi connectivity index (χ0v) is 15.0. The van der Waals surface area contributed by atoms with E-state index in [0.717, 1.165) is 12.1 Å². The summed E-state index contributed by atoms with van der Waals surface area (Å²) < 4.78 is 48.0. The van der Waals surface area contributed by atoms with Gasteiger partial charge in [-0.3, -0.25) is 0 Å². The number of rotatable bonds is 6. The molecule has 2 N–H and O–H groups in total. The van der Waals surface area contributed by atoms with E-state index in [4.69, 9.17) is 20.0 Å². The van der Waals surface area contributed by atoms with Crippen LogP contribution in [0, 0.1) is 0 Å². The van der Waals surface area contributed by atoms with Crippen molar-refractivity contribution in [2.24, 2.45) is 10.9 Å². The zero-order chi connectivity index (χ0) is 20.7. The number of nitrogens with two attached hydrogens (primary N) is 1. The standard InChI is InChI=1S/C19H17F3N2O4/c1-26-11-16(18(25)27-2)14-8-3-4-9-15(14)17(23)24-28-13-7-5-6-12(10-13)19(20,21)22/h3-11H,1-2H3,(H2,23,24)/b16-11+. The van der Waals surface area contributed by atoms with Crippen LogP contribution in [0.4, 0.5) is 13.2 Å². The molecule has 0 saturated heterocycles. The average molecular weight is 394 g/mol. The summed E-state index contributed by atoms with van der Waals surface area (Å²) in [7, 11) is 2.57. The predicted octanol–water partition coefficient (Wildman–Crippen LogP) is 3.57. The van der Waals surface area contributed by atoms with E-state index in [2.05, 4.69) is 5.16 Å². The molecule has 28 heavy (non-hydrogen) atoms. The van der Waals surface area contributed by atoms with Crippen molar-refractivity contribution >= 4 is 17.4 Å². The highest BCUT2D eigenvalue weighted by Crippen LogP contribution is 2.31. The minimum atomic E-state index is -4.51. The Morgan fingerprint density at radius 1 is 1.07 bits per heavy atom. The van der Waals surface area contributed by atoms with Gasteiger partial charge < -0.3 is 20.0 Å². The van der Waals surface area contributed by atoms with Gasteiger partial charge in [-0.25, -0.2) is 4.79 Å². The molecule has 0 radical (unpaired) electrons. The fraction of sp³-hybridized carbons (Fsp3) is 0.158. The van der Waals surface area contributed by atoms with Gasteiger partial charge in [0.2, 0.25) is 0 Å². The van der Waals surface area contributed by atoms with Crippen molar-refractivity contribution < 1.29 is 32.3 Å². The number of carbonyl (C=O) groups is 1. The molecule has 0 aliphatic heterocycles. The average Bonchev–Trinajstić information content (AvgIpc) is 2.69. The van der Waals surface area contributed by atoms with Gasteiger partial charge in [-0.15, -0.1) is 0 Å². The van der Waals surface area contributed by atoms with Gasteiger partial charge in [-0.05, 0) is 18.2 Å². The SMILES string of the molecule is CO/C=C(/C(=O)OC)c1ccccc1C(N)=NOc1cccc(C(F)(F)F)c1. The molecule has 9 heteroatoms. The molecule has 2 aromatic rings. The van der Waals surface area contributed by atoms with Crippen molar-refractivity contribution in [1.29, 1.82) is 0 Å². The number of carbonyl (C=O) groups excluding carboxylic acids is 1. The van der Waals surface area contributed by atoms with Crippen LogP contribution in [0.3, 0.4) is 0 Å². The van der Waals surface area contributed by atoms with Crippen molar-refractivity contribution in [3.63, 3.8) is 0 Å². The molecular weight excluding hydrogens is 377 g/mol. The van der Waals surface area contributed by atoms with E-state index in [1.165, 1.54) is 32.6 Å². The number of ether oxygens (including phenoxy) is 2. The smallest absolute Gasteiger partial charge is 0.416 e. The third-order valence-corrected chi connectivity index (χ3v) is 3.54. The lowest BCUT2D eigenvalue weighted by atomic mass is 10.00. The van der Waals surface area contributed by atoms with Crippen LogP contribution in [-0.2, 0) is 20.4 Å². The second kappa shape index (κ2) is 8.94. The van der Waals surface area contributed by atoms with E-state index >= 15 is 0 Å². The number of alkyl halides is 3. The number of esters is 1. The lowest BCUT2D eigenvalue weighted by Crippen LogP contribution is -2.18. The molecule has 0 heterocycles. The first-order valence-corrected chi connectivity index (χ1v) is 7.86. The second-order valence-electron chi connectivity index (χ2n) is 5.40. The van der Waals surface area contributed by atoms with E-state index in [0.29, 0.717) is 11.1 Å². The Morgan fingerprint density at radius 3 is 2.36 bits per heavy atom.